The van der Waals surface area contributed by atoms with Crippen LogP contribution in [0.1, 0.15) is 105 Å². The summed E-state index contributed by atoms with van der Waals surface area (Å²) in [5.74, 6) is -7.80. The monoisotopic (exact) mass is 803 g/mol. The molecule has 322 valence electrons. The van der Waals surface area contributed by atoms with Crippen LogP contribution in [0, 0.1) is 29.6 Å². The zero-order chi connectivity index (χ0) is 42.2. The Morgan fingerprint density at radius 2 is 1.67 bits per heavy atom. The summed E-state index contributed by atoms with van der Waals surface area (Å²) in [5.41, 5.74) is 1.60. The van der Waals surface area contributed by atoms with E-state index in [2.05, 4.69) is 6.58 Å². The molecule has 1 aliphatic carbocycles. The van der Waals surface area contributed by atoms with Gasteiger partial charge in [0, 0.05) is 52.0 Å². The second kappa shape index (κ2) is 21.0. The fourth-order valence-corrected chi connectivity index (χ4v) is 9.40. The number of aliphatic hydroxyl groups excluding tert-OH is 2. The molecule has 1 saturated carbocycles. The Morgan fingerprint density at radius 3 is 2.32 bits per heavy atom. The Bertz CT molecular complexity index is 1480. The second-order valence-corrected chi connectivity index (χ2v) is 17.3. The number of amides is 1. The van der Waals surface area contributed by atoms with E-state index in [0.717, 1.165) is 10.5 Å². The van der Waals surface area contributed by atoms with E-state index >= 15 is 0 Å². The van der Waals surface area contributed by atoms with Gasteiger partial charge in [0.15, 0.2) is 0 Å². The van der Waals surface area contributed by atoms with Crippen molar-refractivity contribution in [3.63, 3.8) is 0 Å². The maximum Gasteiger partial charge on any atom is 0.329 e. The lowest BCUT2D eigenvalue weighted by molar-refractivity contribution is -0.302. The van der Waals surface area contributed by atoms with Gasteiger partial charge in [-0.2, -0.15) is 0 Å². The first-order chi connectivity index (χ1) is 27.0. The van der Waals surface area contributed by atoms with Gasteiger partial charge in [-0.1, -0.05) is 44.6 Å². The van der Waals surface area contributed by atoms with Crippen molar-refractivity contribution in [1.82, 2.24) is 4.90 Å². The van der Waals surface area contributed by atoms with Gasteiger partial charge in [-0.25, -0.2) is 4.79 Å². The Hall–Kier alpha value is -2.78. The molecule has 4 aliphatic rings. The largest absolute Gasteiger partial charge is 0.460 e. The predicted octanol–water partition coefficient (Wildman–Crippen LogP) is 4.64. The second-order valence-electron chi connectivity index (χ2n) is 17.3. The summed E-state index contributed by atoms with van der Waals surface area (Å²) in [5, 5.41) is 34.0. The average Bonchev–Trinajstić information content (AvgIpc) is 3.19. The molecular formula is C44H69NO12. The van der Waals surface area contributed by atoms with Crippen molar-refractivity contribution in [2.45, 2.75) is 160 Å². The van der Waals surface area contributed by atoms with Crippen LogP contribution in [0.3, 0.4) is 0 Å². The molecule has 1 amide bonds. The fraction of sp³-hybridized carbons (Fsp3) is 0.773. The third-order valence-corrected chi connectivity index (χ3v) is 12.9. The maximum absolute atomic E-state index is 14.3. The van der Waals surface area contributed by atoms with Crippen LogP contribution in [-0.4, -0.2) is 126 Å². The number of fused-ring (bicyclic) bond motifs is 3. The standard InChI is InChI=1S/C44H69NO12/c1-10-13-31-19-25(2)18-26(3)20-37(54-8)40-38(55-9)22-28(5)44(52,57-40)41(49)42(50)45-17-12-11-14-32(45)43(51)56-35(24-34(31)47)29(6)39(48)27(4)21-30-15-16-33(46)36(23-30)53-7/h10,19,21,26,28-33,35-40,46,48,52H,1,11-18,20,22-24H2,2-9H3/b25-19-,27-21+/t26-,28+,29+,30-,31?,32-,33+,35-,36+,37?,38-,39+,40+,44+/m1/s1. The number of Topliss-reactive ketones (excluding diaryl/α,β-unsaturated/α-hetero) is 2. The van der Waals surface area contributed by atoms with Crippen molar-refractivity contribution in [1.29, 1.82) is 0 Å². The number of allylic oxidation sites excluding steroid dienone is 4. The Kier molecular flexibility index (Phi) is 17.2. The van der Waals surface area contributed by atoms with Gasteiger partial charge in [0.2, 0.25) is 5.79 Å². The molecule has 2 bridgehead atoms. The molecule has 13 nitrogen and oxygen atoms in total. The molecule has 3 aliphatic heterocycles. The van der Waals surface area contributed by atoms with Crippen LogP contribution in [0.15, 0.2) is 36.0 Å². The zero-order valence-electron chi connectivity index (χ0n) is 35.4. The smallest absolute Gasteiger partial charge is 0.329 e. The number of rotatable bonds is 9. The number of cyclic esters (lactones) is 1. The molecule has 14 atom stereocenters. The highest BCUT2D eigenvalue weighted by atomic mass is 16.7. The lowest BCUT2D eigenvalue weighted by Crippen LogP contribution is -2.64. The number of methoxy groups -OCH3 is 3. The molecule has 3 N–H and O–H groups in total. The lowest BCUT2D eigenvalue weighted by Gasteiger charge is -2.47. The van der Waals surface area contributed by atoms with Crippen molar-refractivity contribution in [3.8, 4) is 0 Å². The first-order valence-corrected chi connectivity index (χ1v) is 20.9. The van der Waals surface area contributed by atoms with E-state index in [4.69, 9.17) is 23.7 Å². The molecule has 2 saturated heterocycles. The average molecular weight is 804 g/mol. The summed E-state index contributed by atoms with van der Waals surface area (Å²) in [7, 11) is 4.63. The Morgan fingerprint density at radius 1 is 1.00 bits per heavy atom. The van der Waals surface area contributed by atoms with Crippen LogP contribution in [0.25, 0.3) is 0 Å². The third-order valence-electron chi connectivity index (χ3n) is 12.9. The van der Waals surface area contributed by atoms with Crippen molar-refractivity contribution < 1.29 is 58.2 Å². The van der Waals surface area contributed by atoms with Gasteiger partial charge in [0.1, 0.15) is 24.0 Å². The maximum atomic E-state index is 14.3. The molecule has 13 heteroatoms. The highest BCUT2D eigenvalue weighted by Gasteiger charge is 2.56. The van der Waals surface area contributed by atoms with E-state index in [-0.39, 0.29) is 49.5 Å². The van der Waals surface area contributed by atoms with Crippen molar-refractivity contribution in [3.05, 3.63) is 36.0 Å². The molecular weight excluding hydrogens is 734 g/mol. The van der Waals surface area contributed by atoms with E-state index in [9.17, 15) is 34.5 Å². The molecule has 0 aromatic heterocycles. The number of carbonyl (C=O) groups is 4. The summed E-state index contributed by atoms with van der Waals surface area (Å²) in [6.07, 6.45) is 5.10. The van der Waals surface area contributed by atoms with Crippen molar-refractivity contribution in [2.75, 3.05) is 27.9 Å². The van der Waals surface area contributed by atoms with Crippen LogP contribution < -0.4 is 0 Å². The molecule has 0 aromatic carbocycles. The first kappa shape index (κ1) is 46.9. The quantitative estimate of drug-likeness (QED) is 0.168. The summed E-state index contributed by atoms with van der Waals surface area (Å²) < 4.78 is 29.6. The summed E-state index contributed by atoms with van der Waals surface area (Å²) >= 11 is 0. The number of nitrogens with zero attached hydrogens (tertiary/aromatic N) is 1. The number of ketones is 2. The number of esters is 1. The molecule has 0 spiro atoms. The van der Waals surface area contributed by atoms with Crippen LogP contribution in [-0.2, 0) is 42.9 Å². The normalized spacial score (nSPS) is 39.1. The van der Waals surface area contributed by atoms with E-state index in [1.54, 1.807) is 34.0 Å². The number of hydrogen-bond acceptors (Lipinski definition) is 12. The van der Waals surface area contributed by atoms with Gasteiger partial charge in [-0.05, 0) is 95.5 Å². The molecule has 4 rings (SSSR count). The van der Waals surface area contributed by atoms with Gasteiger partial charge in [-0.15, -0.1) is 6.58 Å². The van der Waals surface area contributed by atoms with Gasteiger partial charge in [0.05, 0.1) is 30.5 Å². The van der Waals surface area contributed by atoms with E-state index in [1.807, 2.05) is 26.0 Å². The number of piperidine rings is 1. The molecule has 0 aromatic rings. The van der Waals surface area contributed by atoms with Gasteiger partial charge < -0.3 is 43.9 Å². The zero-order valence-corrected chi connectivity index (χ0v) is 35.4. The minimum atomic E-state index is -2.50. The highest BCUT2D eigenvalue weighted by Crippen LogP contribution is 2.39. The SMILES string of the molecule is C=CCC1/C=C(/C)C[C@@H](C)CC(OC)[C@@H]2O[C@](O)(C(=O)C(=O)N3CCCC[C@@H]3C(=O)O[C@@H]([C@H](C)[C@@H](O)/C(C)=C/[C@H]3CC[C@H](O)[C@@H](OC)C3)CC1=O)[C@@H](C)C[C@H]2OC. The number of carbonyl (C=O) groups excluding carboxylic acids is 4. The van der Waals surface area contributed by atoms with Crippen molar-refractivity contribution >= 4 is 23.4 Å². The Balaban J connectivity index is 1.74. The molecule has 3 fully saturated rings. The topological polar surface area (TPSA) is 178 Å². The highest BCUT2D eigenvalue weighted by molar-refractivity contribution is 6.39. The van der Waals surface area contributed by atoms with Crippen LogP contribution in [0.2, 0.25) is 0 Å². The molecule has 2 unspecified atom stereocenters. The summed E-state index contributed by atoms with van der Waals surface area (Å²) in [6.45, 7) is 13.1. The number of hydrogen-bond donors (Lipinski definition) is 3. The number of aliphatic hydroxyl groups is 3. The minimum Gasteiger partial charge on any atom is -0.460 e. The third kappa shape index (κ3) is 11.3. The van der Waals surface area contributed by atoms with Gasteiger partial charge in [0.25, 0.3) is 11.7 Å². The van der Waals surface area contributed by atoms with Crippen LogP contribution in [0.5, 0.6) is 0 Å². The molecule has 3 heterocycles. The van der Waals surface area contributed by atoms with E-state index < -0.39 is 83.9 Å². The lowest BCUT2D eigenvalue weighted by atomic mass is 9.81. The van der Waals surface area contributed by atoms with Gasteiger partial charge >= 0.3 is 5.97 Å². The first-order valence-electron chi connectivity index (χ1n) is 20.9. The summed E-state index contributed by atoms with van der Waals surface area (Å²) in [4.78, 5) is 58.0. The van der Waals surface area contributed by atoms with E-state index in [1.165, 1.54) is 14.2 Å². The predicted molar refractivity (Wildman–Crippen MR) is 213 cm³/mol. The Labute approximate surface area is 339 Å². The van der Waals surface area contributed by atoms with Crippen molar-refractivity contribution in [2.24, 2.45) is 29.6 Å². The fourth-order valence-electron chi connectivity index (χ4n) is 9.40. The molecule has 0 radical (unpaired) electrons. The van der Waals surface area contributed by atoms with E-state index in [0.29, 0.717) is 56.9 Å². The van der Waals surface area contributed by atoms with Crippen LogP contribution >= 0.6 is 0 Å². The minimum absolute atomic E-state index is 0.0120. The molecule has 57 heavy (non-hydrogen) atoms. The summed E-state index contributed by atoms with van der Waals surface area (Å²) in [6, 6.07) is -1.17. The number of ether oxygens (including phenoxy) is 5. The van der Waals surface area contributed by atoms with Crippen LogP contribution in [0.4, 0.5) is 0 Å². The van der Waals surface area contributed by atoms with Gasteiger partial charge in [-0.3, -0.25) is 14.4 Å².